The Morgan fingerprint density at radius 3 is 2.15 bits per heavy atom. The quantitative estimate of drug-likeness (QED) is 0.0750. The number of carboxylic acid groups (broad SMARTS) is 1. The number of rotatable bonds is 18. The van der Waals surface area contributed by atoms with Crippen molar-refractivity contribution in [3.63, 3.8) is 0 Å². The number of aliphatic carboxylic acids is 1. The Balaban J connectivity index is 1.73. The number of aromatic hydroxyl groups is 2. The number of nitrogens with two attached hydrogens (primary N) is 1. The predicted octanol–water partition coefficient (Wildman–Crippen LogP) is -1.58. The fourth-order valence-electron chi connectivity index (χ4n) is 7.80. The lowest BCUT2D eigenvalue weighted by Crippen LogP contribution is -2.60. The molecule has 2 heterocycles. The maximum absolute atomic E-state index is 14.7. The van der Waals surface area contributed by atoms with Gasteiger partial charge in [0, 0.05) is 50.3 Å². The van der Waals surface area contributed by atoms with Crippen molar-refractivity contribution >= 4 is 92.2 Å². The Morgan fingerprint density at radius 2 is 1.51 bits per heavy atom. The van der Waals surface area contributed by atoms with Crippen molar-refractivity contribution in [3.05, 3.63) is 58.6 Å². The van der Waals surface area contributed by atoms with Crippen LogP contribution in [0.15, 0.2) is 42.5 Å². The summed E-state index contributed by atoms with van der Waals surface area (Å²) in [4.78, 5) is 137. The lowest BCUT2D eigenvalue weighted by molar-refractivity contribution is -0.142. The van der Waals surface area contributed by atoms with Crippen molar-refractivity contribution in [1.29, 1.82) is 0 Å². The minimum Gasteiger partial charge on any atom is -0.508 e. The number of benzene rings is 2. The van der Waals surface area contributed by atoms with Crippen molar-refractivity contribution in [2.75, 3.05) is 31.1 Å². The molecule has 405 valence electrons. The van der Waals surface area contributed by atoms with Crippen molar-refractivity contribution in [2.45, 2.75) is 120 Å². The number of phenols is 2. The van der Waals surface area contributed by atoms with Crippen LogP contribution in [-0.2, 0) is 60.8 Å². The number of phenolic OH excluding ortho intramolecular Hbond substituents is 2. The zero-order valence-corrected chi connectivity index (χ0v) is 43.3. The normalized spacial score (nSPS) is 22.6. The summed E-state index contributed by atoms with van der Waals surface area (Å²) in [5.41, 5.74) is 14.2. The molecule has 8 amide bonds. The van der Waals surface area contributed by atoms with E-state index in [2.05, 4.69) is 37.2 Å². The lowest BCUT2D eigenvalue weighted by atomic mass is 10.0. The summed E-state index contributed by atoms with van der Waals surface area (Å²) in [6.07, 6.45) is -3.22. The minimum atomic E-state index is -1.68. The van der Waals surface area contributed by atoms with E-state index in [1.54, 1.807) is 13.8 Å². The molecule has 74 heavy (non-hydrogen) atoms. The van der Waals surface area contributed by atoms with Gasteiger partial charge in [-0.1, -0.05) is 65.2 Å². The van der Waals surface area contributed by atoms with Crippen LogP contribution >= 0.6 is 33.2 Å². The number of carboxylic acids is 1. The highest BCUT2D eigenvalue weighted by molar-refractivity contribution is 8.76. The zero-order chi connectivity index (χ0) is 54.8. The average molecular weight is 1090 g/mol. The van der Waals surface area contributed by atoms with E-state index in [1.807, 2.05) is 0 Å². The molecule has 14 N–H and O–H groups in total. The van der Waals surface area contributed by atoms with E-state index in [4.69, 9.17) is 23.1 Å². The van der Waals surface area contributed by atoms with Gasteiger partial charge < -0.3 is 68.3 Å². The molecule has 0 aromatic heterocycles. The van der Waals surface area contributed by atoms with E-state index in [9.17, 15) is 68.4 Å². The number of nitrogens with one attached hydrogen (secondary N) is 8. The molecule has 0 aliphatic carbocycles. The van der Waals surface area contributed by atoms with Crippen LogP contribution in [0.25, 0.3) is 0 Å². The van der Waals surface area contributed by atoms with E-state index in [0.29, 0.717) is 11.1 Å². The van der Waals surface area contributed by atoms with Gasteiger partial charge in [0.05, 0.1) is 29.8 Å². The second kappa shape index (κ2) is 29.0. The molecule has 2 aliphatic rings. The third kappa shape index (κ3) is 18.9. The number of aliphatic hydroxyl groups is 1. The number of hydrogen-bond donors (Lipinski definition) is 12. The molecule has 9 atom stereocenters. The smallest absolute Gasteiger partial charge is 0.303 e. The second-order valence-electron chi connectivity index (χ2n) is 18.3. The fraction of sp³-hybridized carbons (Fsp3) is 0.532. The SMILES string of the molecule is CC(=O)[C@@H]1CSSC[C@H](NC(=O)[C@@H](CCC(=O)O)NC(=O)[C@H](Cc2ccc(O)cc2)NC(=O)[C@@H](N)CC[NH])C(=O)N2CC(O)CC2C(=O)N[C@@H](Cc2ccc(O)c(Cl)c2)C(=O)NCC(=O)N[C@@H](CC(C)C)C(=O)N1. The van der Waals surface area contributed by atoms with Crippen LogP contribution in [0.2, 0.25) is 5.02 Å². The van der Waals surface area contributed by atoms with Gasteiger partial charge in [-0.3, -0.25) is 53.7 Å². The Labute approximate surface area is 439 Å². The molecular weight excluding hydrogens is 1030 g/mol. The van der Waals surface area contributed by atoms with Crippen LogP contribution in [-0.4, -0.2) is 170 Å². The van der Waals surface area contributed by atoms with Crippen molar-refractivity contribution < 1.29 is 68.4 Å². The Bertz CT molecular complexity index is 2370. The van der Waals surface area contributed by atoms with Crippen molar-refractivity contribution in [2.24, 2.45) is 11.7 Å². The number of carbonyl (C=O) groups is 10. The van der Waals surface area contributed by atoms with Gasteiger partial charge in [-0.2, -0.15) is 0 Å². The minimum absolute atomic E-state index is 0.0567. The molecular formula is C47H64ClN10O14S2. The molecule has 27 heteroatoms. The highest BCUT2D eigenvalue weighted by atomic mass is 35.5. The summed E-state index contributed by atoms with van der Waals surface area (Å²) >= 11 is 6.15. The average Bonchev–Trinajstić information content (AvgIpc) is 3.74. The Kier molecular flexibility index (Phi) is 23.7. The number of hydrogen-bond acceptors (Lipinski definition) is 16. The number of halogens is 1. The molecule has 0 bridgehead atoms. The number of ketones is 1. The third-order valence-corrected chi connectivity index (χ3v) is 14.5. The first-order chi connectivity index (χ1) is 34.9. The van der Waals surface area contributed by atoms with Gasteiger partial charge in [0.15, 0.2) is 5.78 Å². The van der Waals surface area contributed by atoms with E-state index in [-0.39, 0.29) is 72.6 Å². The molecule has 2 aliphatic heterocycles. The molecule has 2 aromatic carbocycles. The van der Waals surface area contributed by atoms with Crippen LogP contribution in [0.1, 0.15) is 64.0 Å². The second-order valence-corrected chi connectivity index (χ2v) is 21.2. The first kappa shape index (κ1) is 60.4. The Hall–Kier alpha value is -6.19. The number of fused-ring (bicyclic) bond motifs is 1. The molecule has 0 saturated carbocycles. The highest BCUT2D eigenvalue weighted by Crippen LogP contribution is 2.28. The highest BCUT2D eigenvalue weighted by Gasteiger charge is 2.43. The molecule has 2 saturated heterocycles. The zero-order valence-electron chi connectivity index (χ0n) is 40.9. The van der Waals surface area contributed by atoms with Gasteiger partial charge in [0.1, 0.15) is 47.8 Å². The van der Waals surface area contributed by atoms with Gasteiger partial charge >= 0.3 is 5.97 Å². The summed E-state index contributed by atoms with van der Waals surface area (Å²) in [6, 6.07) is -1.46. The fourth-order valence-corrected chi connectivity index (χ4v) is 10.4. The van der Waals surface area contributed by atoms with Gasteiger partial charge in [0.25, 0.3) is 0 Å². The van der Waals surface area contributed by atoms with Crippen molar-refractivity contribution in [1.82, 2.24) is 47.9 Å². The van der Waals surface area contributed by atoms with E-state index in [1.165, 1.54) is 49.4 Å². The largest absolute Gasteiger partial charge is 0.508 e. The van der Waals surface area contributed by atoms with Crippen LogP contribution in [0.5, 0.6) is 11.5 Å². The van der Waals surface area contributed by atoms with Crippen LogP contribution in [0.3, 0.4) is 0 Å². The summed E-state index contributed by atoms with van der Waals surface area (Å²) in [5, 5.41) is 58.2. The number of amides is 8. The van der Waals surface area contributed by atoms with E-state index < -0.39 is 139 Å². The third-order valence-electron chi connectivity index (χ3n) is 11.8. The molecule has 0 spiro atoms. The van der Waals surface area contributed by atoms with Crippen LogP contribution < -0.4 is 48.7 Å². The van der Waals surface area contributed by atoms with E-state index >= 15 is 0 Å². The predicted molar refractivity (Wildman–Crippen MR) is 272 cm³/mol. The molecule has 4 rings (SSSR count). The van der Waals surface area contributed by atoms with Gasteiger partial charge in [0.2, 0.25) is 47.3 Å². The van der Waals surface area contributed by atoms with Gasteiger partial charge in [-0.25, -0.2) is 0 Å². The number of carbonyl (C=O) groups excluding carboxylic acids is 9. The summed E-state index contributed by atoms with van der Waals surface area (Å²) in [5.74, 6) is -9.79. The number of Topliss-reactive ketones (excluding diaryl/α,β-unsaturated/α-hetero) is 1. The topological polar surface area (TPSA) is 389 Å². The molecule has 2 fully saturated rings. The molecule has 24 nitrogen and oxygen atoms in total. The standard InChI is InChI=1S/C47H64ClN10O14S2/c1-23(2)14-32-44(69)56-35(24(3)59)21-73-74-22-36(57-43(68)31(9-11-40(64)65)53-45(70)34(54-41(66)30(50)12-13-49)16-25-4-7-27(60)8-5-25)47(72)58-20-28(61)18-37(58)46(71)55-33(42(67)51-19-39(63)52-32)17-26-6-10-38(62)29(48)15-26/h4-8,10,15,23,28,30-37,49,60-62H,9,11-14,16-22,50H2,1-3H3,(H,51,67)(H,52,63)(H,53,70)(H,54,66)(H,55,71)(H,56,69)(H,57,68)(H,64,65)/t28?,30-,31+,32-,33-,34-,35-,36-,37?/m0/s1. The van der Waals surface area contributed by atoms with E-state index in [0.717, 1.165) is 26.5 Å². The van der Waals surface area contributed by atoms with Crippen LogP contribution in [0, 0.1) is 5.92 Å². The maximum atomic E-state index is 14.7. The number of aliphatic hydroxyl groups excluding tert-OH is 1. The lowest BCUT2D eigenvalue weighted by Gasteiger charge is -2.31. The first-order valence-corrected chi connectivity index (χ1v) is 26.5. The summed E-state index contributed by atoms with van der Waals surface area (Å²) in [6.45, 7) is 3.52. The molecule has 2 aromatic rings. The Morgan fingerprint density at radius 1 is 0.851 bits per heavy atom. The summed E-state index contributed by atoms with van der Waals surface area (Å²) in [7, 11) is 1.97. The first-order valence-electron chi connectivity index (χ1n) is 23.7. The number of nitrogens with zero attached hydrogens (tertiary/aromatic N) is 1. The molecule has 2 unspecified atom stereocenters. The van der Waals surface area contributed by atoms with Gasteiger partial charge in [-0.15, -0.1) is 0 Å². The van der Waals surface area contributed by atoms with Crippen LogP contribution in [0.4, 0.5) is 0 Å². The monoisotopic (exact) mass is 1090 g/mol. The summed E-state index contributed by atoms with van der Waals surface area (Å²) < 4.78 is 0. The molecule has 1 radical (unpaired) electrons. The maximum Gasteiger partial charge on any atom is 0.303 e. The van der Waals surface area contributed by atoms with Gasteiger partial charge in [-0.05, 0) is 67.5 Å². The van der Waals surface area contributed by atoms with Crippen molar-refractivity contribution in [3.8, 4) is 11.5 Å².